The number of rotatable bonds is 10. The lowest BCUT2D eigenvalue weighted by atomic mass is 9.83. The highest BCUT2D eigenvalue weighted by atomic mass is 32.3. The van der Waals surface area contributed by atoms with Crippen LogP contribution in [0.25, 0.3) is 0 Å². The lowest BCUT2D eigenvalue weighted by Crippen LogP contribution is -2.29. The molecule has 0 spiro atoms. The van der Waals surface area contributed by atoms with E-state index in [4.69, 9.17) is 23.1 Å². The molecule has 7 nitrogen and oxygen atoms in total. The molecule has 0 aromatic carbocycles. The van der Waals surface area contributed by atoms with Crippen molar-refractivity contribution in [2.75, 3.05) is 5.75 Å². The fraction of sp³-hybridized carbons (Fsp3) is 0.875. The number of carbonyl (C=O) groups excluding carboxylic acids is 2. The van der Waals surface area contributed by atoms with Gasteiger partial charge >= 0.3 is 11.9 Å². The molecular weight excluding hydrogens is 336 g/mol. The monoisotopic (exact) mass is 368 g/mol. The van der Waals surface area contributed by atoms with E-state index in [9.17, 15) is 9.59 Å². The molecule has 0 aromatic rings. The zero-order valence-electron chi connectivity index (χ0n) is 15.4. The molecule has 0 saturated heterocycles. The summed E-state index contributed by atoms with van der Waals surface area (Å²) < 4.78 is 36.9. The Morgan fingerprint density at radius 3 is 1.92 bits per heavy atom. The standard InChI is InChI=1S/C16H32O7S/c1-11(2)7-12(3)22-14(17)9-16(5,6)8-13(4)23-15(18)10-24(19,20)21/h11-13,19-21H,7-10H2,1-6H3. The van der Waals surface area contributed by atoms with Gasteiger partial charge in [0.15, 0.2) is 0 Å². The summed E-state index contributed by atoms with van der Waals surface area (Å²) in [5.74, 6) is -1.60. The minimum Gasteiger partial charge on any atom is -0.463 e. The highest BCUT2D eigenvalue weighted by Gasteiger charge is 2.29. The van der Waals surface area contributed by atoms with E-state index >= 15 is 0 Å². The zero-order chi connectivity index (χ0) is 19.1. The molecule has 8 heteroatoms. The van der Waals surface area contributed by atoms with Gasteiger partial charge in [0, 0.05) is 0 Å². The van der Waals surface area contributed by atoms with Crippen molar-refractivity contribution in [3.05, 3.63) is 0 Å². The predicted molar refractivity (Wildman–Crippen MR) is 93.9 cm³/mol. The second-order valence-electron chi connectivity index (χ2n) is 7.55. The Balaban J connectivity index is 4.36. The summed E-state index contributed by atoms with van der Waals surface area (Å²) in [5.41, 5.74) is -0.448. The molecule has 0 aliphatic rings. The summed E-state index contributed by atoms with van der Waals surface area (Å²) in [7, 11) is -3.90. The molecule has 0 rings (SSSR count). The number of hydrogen-bond acceptors (Lipinski definition) is 7. The topological polar surface area (TPSA) is 113 Å². The Bertz CT molecular complexity index is 415. The number of ether oxygens (including phenoxy) is 2. The van der Waals surface area contributed by atoms with Gasteiger partial charge in [-0.05, 0) is 38.0 Å². The molecule has 2 atom stereocenters. The van der Waals surface area contributed by atoms with Crippen LogP contribution in [0.15, 0.2) is 0 Å². The van der Waals surface area contributed by atoms with Crippen molar-refractivity contribution in [2.24, 2.45) is 11.3 Å². The average Bonchev–Trinajstić information content (AvgIpc) is 2.20. The van der Waals surface area contributed by atoms with Crippen LogP contribution in [0.2, 0.25) is 0 Å². The predicted octanol–water partition coefficient (Wildman–Crippen LogP) is 3.93. The fourth-order valence-electron chi connectivity index (χ4n) is 2.68. The molecule has 0 aliphatic heterocycles. The molecule has 3 N–H and O–H groups in total. The van der Waals surface area contributed by atoms with Crippen molar-refractivity contribution in [3.8, 4) is 0 Å². The average molecular weight is 368 g/mol. The number of esters is 2. The van der Waals surface area contributed by atoms with Crippen LogP contribution in [-0.2, 0) is 19.1 Å². The molecule has 0 bridgehead atoms. The molecule has 0 fully saturated rings. The lowest BCUT2D eigenvalue weighted by molar-refractivity contribution is -0.152. The third-order valence-electron chi connectivity index (χ3n) is 3.24. The molecule has 2 unspecified atom stereocenters. The Morgan fingerprint density at radius 2 is 1.46 bits per heavy atom. The van der Waals surface area contributed by atoms with Crippen LogP contribution in [0, 0.1) is 11.3 Å². The molecule has 0 heterocycles. The highest BCUT2D eigenvalue weighted by Crippen LogP contribution is 2.33. The van der Waals surface area contributed by atoms with Gasteiger partial charge in [-0.15, -0.1) is 0 Å². The largest absolute Gasteiger partial charge is 0.463 e. The van der Waals surface area contributed by atoms with Crippen LogP contribution >= 0.6 is 10.9 Å². The van der Waals surface area contributed by atoms with Crippen LogP contribution < -0.4 is 0 Å². The summed E-state index contributed by atoms with van der Waals surface area (Å²) in [4.78, 5) is 23.5. The normalized spacial score (nSPS) is 15.8. The van der Waals surface area contributed by atoms with E-state index in [2.05, 4.69) is 13.8 Å². The summed E-state index contributed by atoms with van der Waals surface area (Å²) in [5, 5.41) is 0. The first-order valence-electron chi connectivity index (χ1n) is 8.07. The van der Waals surface area contributed by atoms with Crippen molar-refractivity contribution < 1.29 is 32.7 Å². The van der Waals surface area contributed by atoms with E-state index in [1.54, 1.807) is 6.92 Å². The quantitative estimate of drug-likeness (QED) is 0.501. The van der Waals surface area contributed by atoms with E-state index < -0.39 is 34.1 Å². The minimum absolute atomic E-state index is 0.140. The Hall–Kier alpha value is -0.830. The number of carbonyl (C=O) groups is 2. The maximum Gasteiger partial charge on any atom is 0.321 e. The first kappa shape index (κ1) is 23.2. The van der Waals surface area contributed by atoms with Crippen molar-refractivity contribution in [1.29, 1.82) is 0 Å². The summed E-state index contributed by atoms with van der Waals surface area (Å²) >= 11 is 0. The van der Waals surface area contributed by atoms with Crippen LogP contribution in [-0.4, -0.2) is 43.6 Å². The second-order valence-corrected chi connectivity index (χ2v) is 9.11. The Labute approximate surface area is 146 Å². The van der Waals surface area contributed by atoms with Crippen molar-refractivity contribution in [1.82, 2.24) is 0 Å². The van der Waals surface area contributed by atoms with Gasteiger partial charge in [0.2, 0.25) is 0 Å². The van der Waals surface area contributed by atoms with Crippen molar-refractivity contribution >= 4 is 22.8 Å². The van der Waals surface area contributed by atoms with Crippen LogP contribution in [0.4, 0.5) is 0 Å². The van der Waals surface area contributed by atoms with E-state index in [0.29, 0.717) is 12.3 Å². The minimum atomic E-state index is -3.90. The number of hydrogen-bond donors (Lipinski definition) is 3. The maximum absolute atomic E-state index is 12.0. The van der Waals surface area contributed by atoms with Gasteiger partial charge in [0.1, 0.15) is 5.75 Å². The van der Waals surface area contributed by atoms with Crippen LogP contribution in [0.5, 0.6) is 0 Å². The fourth-order valence-corrected chi connectivity index (χ4v) is 3.06. The lowest BCUT2D eigenvalue weighted by Gasteiger charge is -2.28. The van der Waals surface area contributed by atoms with Gasteiger partial charge in [-0.2, -0.15) is 0 Å². The summed E-state index contributed by atoms with van der Waals surface area (Å²) in [6, 6.07) is 0. The molecule has 0 aromatic heterocycles. The smallest absolute Gasteiger partial charge is 0.321 e. The first-order valence-corrected chi connectivity index (χ1v) is 9.75. The van der Waals surface area contributed by atoms with Gasteiger partial charge < -0.3 is 23.1 Å². The van der Waals surface area contributed by atoms with Crippen LogP contribution in [0.1, 0.15) is 60.8 Å². The van der Waals surface area contributed by atoms with Gasteiger partial charge in [-0.3, -0.25) is 9.59 Å². The molecule has 0 aliphatic carbocycles. The first-order chi connectivity index (χ1) is 10.7. The van der Waals surface area contributed by atoms with Crippen molar-refractivity contribution in [2.45, 2.75) is 73.0 Å². The summed E-state index contributed by atoms with van der Waals surface area (Å²) in [6.07, 6.45) is 0.713. The van der Waals surface area contributed by atoms with Gasteiger partial charge in [-0.1, -0.05) is 27.7 Å². The van der Waals surface area contributed by atoms with Crippen molar-refractivity contribution in [3.63, 3.8) is 0 Å². The highest BCUT2D eigenvalue weighted by molar-refractivity contribution is 8.19. The van der Waals surface area contributed by atoms with Gasteiger partial charge in [0.05, 0.1) is 29.5 Å². The van der Waals surface area contributed by atoms with Gasteiger partial charge in [0.25, 0.3) is 0 Å². The van der Waals surface area contributed by atoms with E-state index in [0.717, 1.165) is 6.42 Å². The van der Waals surface area contributed by atoms with E-state index in [-0.39, 0.29) is 18.5 Å². The van der Waals surface area contributed by atoms with E-state index in [1.165, 1.54) is 0 Å². The third-order valence-corrected chi connectivity index (χ3v) is 3.87. The molecule has 0 amide bonds. The van der Waals surface area contributed by atoms with Gasteiger partial charge in [-0.25, -0.2) is 0 Å². The summed E-state index contributed by atoms with van der Waals surface area (Å²) in [6.45, 7) is 11.4. The maximum atomic E-state index is 12.0. The molecular formula is C16H32O7S. The zero-order valence-corrected chi connectivity index (χ0v) is 16.3. The second kappa shape index (κ2) is 9.60. The Morgan fingerprint density at radius 1 is 0.958 bits per heavy atom. The molecule has 144 valence electrons. The SMILES string of the molecule is CC(C)CC(C)OC(=O)CC(C)(C)CC(C)OC(=O)CS(O)(O)O. The molecule has 0 radical (unpaired) electrons. The molecule has 24 heavy (non-hydrogen) atoms. The van der Waals surface area contributed by atoms with E-state index in [1.807, 2.05) is 20.8 Å². The molecule has 0 saturated carbocycles. The Kier molecular flexibility index (Phi) is 9.27. The van der Waals surface area contributed by atoms with Crippen LogP contribution in [0.3, 0.4) is 0 Å². The third kappa shape index (κ3) is 12.6.